The zero-order valence-electron chi connectivity index (χ0n) is 15.5. The van der Waals surface area contributed by atoms with Crippen molar-refractivity contribution in [1.82, 2.24) is 10.2 Å². The summed E-state index contributed by atoms with van der Waals surface area (Å²) >= 11 is 0. The van der Waals surface area contributed by atoms with E-state index < -0.39 is 11.7 Å². The van der Waals surface area contributed by atoms with Crippen LogP contribution in [0, 0.1) is 5.92 Å². The van der Waals surface area contributed by atoms with E-state index >= 15 is 0 Å². The van der Waals surface area contributed by atoms with Crippen molar-refractivity contribution >= 4 is 12.2 Å². The van der Waals surface area contributed by atoms with Crippen LogP contribution in [-0.4, -0.2) is 41.8 Å². The third kappa shape index (κ3) is 6.29. The van der Waals surface area contributed by atoms with E-state index in [4.69, 9.17) is 9.47 Å². The smallest absolute Gasteiger partial charge is 0.410 e. The van der Waals surface area contributed by atoms with Crippen LogP contribution in [0.15, 0.2) is 30.3 Å². The van der Waals surface area contributed by atoms with Crippen LogP contribution in [0.2, 0.25) is 0 Å². The van der Waals surface area contributed by atoms with Gasteiger partial charge in [-0.1, -0.05) is 37.3 Å². The lowest BCUT2D eigenvalue weighted by Crippen LogP contribution is -2.54. The summed E-state index contributed by atoms with van der Waals surface area (Å²) in [6.45, 7) is 8.87. The molecule has 6 heteroatoms. The lowest BCUT2D eigenvalue weighted by molar-refractivity contribution is 0.0143. The Bertz CT molecular complexity index is 583. The predicted octanol–water partition coefficient (Wildman–Crippen LogP) is 3.56. The molecule has 1 aliphatic heterocycles. The highest BCUT2D eigenvalue weighted by molar-refractivity contribution is 5.69. The van der Waals surface area contributed by atoms with Gasteiger partial charge in [-0.3, -0.25) is 0 Å². The summed E-state index contributed by atoms with van der Waals surface area (Å²) in [6.07, 6.45) is -0.00123. The summed E-state index contributed by atoms with van der Waals surface area (Å²) in [6, 6.07) is 9.38. The number of alkyl carbamates (subject to hydrolysis) is 1. The summed E-state index contributed by atoms with van der Waals surface area (Å²) in [5, 5.41) is 2.88. The van der Waals surface area contributed by atoms with E-state index in [1.54, 1.807) is 4.90 Å². The van der Waals surface area contributed by atoms with Crippen molar-refractivity contribution in [2.24, 2.45) is 5.92 Å². The van der Waals surface area contributed by atoms with Gasteiger partial charge in [-0.05, 0) is 38.7 Å². The lowest BCUT2D eigenvalue weighted by Gasteiger charge is -2.37. The average molecular weight is 348 g/mol. The first-order valence-corrected chi connectivity index (χ1v) is 8.70. The highest BCUT2D eigenvalue weighted by atomic mass is 16.6. The largest absolute Gasteiger partial charge is 0.445 e. The molecular weight excluding hydrogens is 320 g/mol. The van der Waals surface area contributed by atoms with Gasteiger partial charge in [0.2, 0.25) is 0 Å². The van der Waals surface area contributed by atoms with E-state index in [1.807, 2.05) is 51.1 Å². The van der Waals surface area contributed by atoms with Crippen molar-refractivity contribution in [3.63, 3.8) is 0 Å². The molecule has 0 radical (unpaired) electrons. The van der Waals surface area contributed by atoms with Crippen LogP contribution in [0.5, 0.6) is 0 Å². The fourth-order valence-electron chi connectivity index (χ4n) is 2.67. The minimum atomic E-state index is -0.530. The topological polar surface area (TPSA) is 67.9 Å². The molecule has 0 spiro atoms. The molecule has 0 saturated carbocycles. The molecule has 1 aromatic rings. The van der Waals surface area contributed by atoms with Crippen LogP contribution in [0.1, 0.15) is 39.7 Å². The van der Waals surface area contributed by atoms with Gasteiger partial charge in [0.1, 0.15) is 12.2 Å². The maximum absolute atomic E-state index is 12.2. The average Bonchev–Trinajstić information content (AvgIpc) is 2.54. The number of amides is 2. The van der Waals surface area contributed by atoms with Crippen molar-refractivity contribution < 1.29 is 19.1 Å². The maximum Gasteiger partial charge on any atom is 0.410 e. The molecule has 1 N–H and O–H groups in total. The second-order valence-corrected chi connectivity index (χ2v) is 7.50. The van der Waals surface area contributed by atoms with E-state index in [0.29, 0.717) is 13.1 Å². The van der Waals surface area contributed by atoms with Crippen LogP contribution in [0.3, 0.4) is 0 Å². The summed E-state index contributed by atoms with van der Waals surface area (Å²) in [5.74, 6) is 0.267. The molecule has 0 aliphatic carbocycles. The number of piperidine rings is 1. The number of hydrogen-bond donors (Lipinski definition) is 1. The highest BCUT2D eigenvalue weighted by Crippen LogP contribution is 2.20. The molecule has 2 atom stereocenters. The van der Waals surface area contributed by atoms with Gasteiger partial charge >= 0.3 is 12.2 Å². The summed E-state index contributed by atoms with van der Waals surface area (Å²) in [5.41, 5.74) is 0.405. The van der Waals surface area contributed by atoms with Gasteiger partial charge in [-0.25, -0.2) is 9.59 Å². The second kappa shape index (κ2) is 8.23. The molecule has 2 rings (SSSR count). The molecule has 25 heavy (non-hydrogen) atoms. The molecule has 0 aromatic heterocycles. The third-order valence-electron chi connectivity index (χ3n) is 4.13. The van der Waals surface area contributed by atoms with Gasteiger partial charge in [0.05, 0.1) is 6.04 Å². The number of carbonyl (C=O) groups excluding carboxylic acids is 2. The molecule has 2 amide bonds. The zero-order valence-corrected chi connectivity index (χ0v) is 15.5. The Labute approximate surface area is 149 Å². The summed E-state index contributed by atoms with van der Waals surface area (Å²) < 4.78 is 10.7. The molecular formula is C19H28N2O4. The van der Waals surface area contributed by atoms with Crippen molar-refractivity contribution in [2.45, 2.75) is 52.4 Å². The summed E-state index contributed by atoms with van der Waals surface area (Å²) in [4.78, 5) is 25.9. The predicted molar refractivity (Wildman–Crippen MR) is 95.1 cm³/mol. The molecule has 1 fully saturated rings. The molecule has 1 saturated heterocycles. The third-order valence-corrected chi connectivity index (χ3v) is 4.13. The quantitative estimate of drug-likeness (QED) is 0.907. The van der Waals surface area contributed by atoms with Gasteiger partial charge in [0.25, 0.3) is 0 Å². The van der Waals surface area contributed by atoms with Gasteiger partial charge in [-0.2, -0.15) is 0 Å². The normalized spacial score (nSPS) is 20.7. The Morgan fingerprint density at radius 1 is 1.24 bits per heavy atom. The van der Waals surface area contributed by atoms with Crippen LogP contribution in [0.25, 0.3) is 0 Å². The first-order valence-electron chi connectivity index (χ1n) is 8.70. The molecule has 138 valence electrons. The Morgan fingerprint density at radius 2 is 1.92 bits per heavy atom. The number of nitrogens with zero attached hydrogens (tertiary/aromatic N) is 1. The first kappa shape index (κ1) is 19.1. The van der Waals surface area contributed by atoms with E-state index in [2.05, 4.69) is 12.2 Å². The number of nitrogens with one attached hydrogen (secondary N) is 1. The number of ether oxygens (including phenoxy) is 2. The molecule has 6 nitrogen and oxygen atoms in total. The molecule has 0 bridgehead atoms. The molecule has 1 aliphatic rings. The van der Waals surface area contributed by atoms with E-state index in [9.17, 15) is 9.59 Å². The molecule has 1 aromatic carbocycles. The van der Waals surface area contributed by atoms with Crippen LogP contribution < -0.4 is 5.32 Å². The Hall–Kier alpha value is -2.24. The fraction of sp³-hybridized carbons (Fsp3) is 0.579. The van der Waals surface area contributed by atoms with E-state index in [-0.39, 0.29) is 24.7 Å². The molecule has 1 heterocycles. The van der Waals surface area contributed by atoms with Gasteiger partial charge in [0.15, 0.2) is 0 Å². The maximum atomic E-state index is 12.2. The van der Waals surface area contributed by atoms with E-state index in [0.717, 1.165) is 12.0 Å². The standard InChI is InChI=1S/C19H28N2O4/c1-14-10-11-21(18(23)25-19(2,3)4)12-16(14)20-17(22)24-13-15-8-6-5-7-9-15/h5-9,14,16H,10-13H2,1-4H3,(H,20,22)/t14-,16+/m0/s1. The fourth-order valence-corrected chi connectivity index (χ4v) is 2.67. The monoisotopic (exact) mass is 348 g/mol. The van der Waals surface area contributed by atoms with Gasteiger partial charge in [0, 0.05) is 13.1 Å². The van der Waals surface area contributed by atoms with Crippen LogP contribution in [-0.2, 0) is 16.1 Å². The van der Waals surface area contributed by atoms with E-state index in [1.165, 1.54) is 0 Å². The number of hydrogen-bond acceptors (Lipinski definition) is 4. The van der Waals surface area contributed by atoms with Crippen molar-refractivity contribution in [3.05, 3.63) is 35.9 Å². The minimum absolute atomic E-state index is 0.149. The number of rotatable bonds is 3. The summed E-state index contributed by atoms with van der Waals surface area (Å²) in [7, 11) is 0. The van der Waals surface area contributed by atoms with Crippen LogP contribution >= 0.6 is 0 Å². The molecule has 0 unspecified atom stereocenters. The Balaban J connectivity index is 1.84. The van der Waals surface area contributed by atoms with Crippen molar-refractivity contribution in [3.8, 4) is 0 Å². The Morgan fingerprint density at radius 3 is 2.56 bits per heavy atom. The first-order chi connectivity index (χ1) is 11.7. The zero-order chi connectivity index (χ0) is 18.4. The van der Waals surface area contributed by atoms with Crippen molar-refractivity contribution in [1.29, 1.82) is 0 Å². The van der Waals surface area contributed by atoms with Crippen molar-refractivity contribution in [2.75, 3.05) is 13.1 Å². The van der Waals surface area contributed by atoms with Gasteiger partial charge in [-0.15, -0.1) is 0 Å². The number of carbonyl (C=O) groups is 2. The van der Waals surface area contributed by atoms with Gasteiger partial charge < -0.3 is 19.7 Å². The lowest BCUT2D eigenvalue weighted by atomic mass is 9.94. The number of likely N-dealkylation sites (tertiary alicyclic amines) is 1. The van der Waals surface area contributed by atoms with Crippen LogP contribution in [0.4, 0.5) is 9.59 Å². The Kier molecular flexibility index (Phi) is 6.28. The second-order valence-electron chi connectivity index (χ2n) is 7.50. The number of benzene rings is 1. The SMILES string of the molecule is C[C@H]1CCN(C(=O)OC(C)(C)C)C[C@H]1NC(=O)OCc1ccccc1. The highest BCUT2D eigenvalue weighted by Gasteiger charge is 2.32. The minimum Gasteiger partial charge on any atom is -0.445 e.